The molecule has 1 fully saturated rings. The van der Waals surface area contributed by atoms with Crippen molar-refractivity contribution >= 4 is 11.8 Å². The van der Waals surface area contributed by atoms with Crippen molar-refractivity contribution in [2.45, 2.75) is 39.7 Å². The van der Waals surface area contributed by atoms with Crippen LogP contribution in [0.4, 0.5) is 0 Å². The maximum absolute atomic E-state index is 12.2. The number of amides is 2. The first kappa shape index (κ1) is 12.9. The molecule has 0 saturated carbocycles. The molecule has 0 aromatic heterocycles. The molecule has 100 valence electrons. The van der Waals surface area contributed by atoms with Crippen LogP contribution < -0.4 is 5.32 Å². The first-order chi connectivity index (χ1) is 8.54. The molecule has 2 amide bonds. The molecule has 0 radical (unpaired) electrons. The van der Waals surface area contributed by atoms with E-state index in [1.54, 1.807) is 22.9 Å². The number of rotatable bonds is 3. The van der Waals surface area contributed by atoms with Crippen molar-refractivity contribution in [2.24, 2.45) is 5.92 Å². The number of carbonyl (C=O) groups excluding carboxylic acids is 2. The molecule has 0 aromatic carbocycles. The maximum Gasteiger partial charge on any atom is 0.249 e. The van der Waals surface area contributed by atoms with Gasteiger partial charge in [-0.3, -0.25) is 14.5 Å². The third kappa shape index (κ3) is 2.21. The number of nitrogens with zero attached hydrogens (tertiary/aromatic N) is 2. The van der Waals surface area contributed by atoms with Crippen LogP contribution in [0.25, 0.3) is 0 Å². The van der Waals surface area contributed by atoms with Gasteiger partial charge in [0.05, 0.1) is 0 Å². The lowest BCUT2D eigenvalue weighted by Gasteiger charge is -2.41. The summed E-state index contributed by atoms with van der Waals surface area (Å²) in [6, 6.07) is -0.394. The predicted molar refractivity (Wildman–Crippen MR) is 68.2 cm³/mol. The summed E-state index contributed by atoms with van der Waals surface area (Å²) in [4.78, 5) is 27.4. The van der Waals surface area contributed by atoms with Crippen LogP contribution in [0, 0.1) is 5.92 Å². The fourth-order valence-electron chi connectivity index (χ4n) is 2.34. The molecule has 0 bridgehead atoms. The quantitative estimate of drug-likeness (QED) is 0.810. The third-order valence-corrected chi connectivity index (χ3v) is 3.68. The Hall–Kier alpha value is -1.52. The summed E-state index contributed by atoms with van der Waals surface area (Å²) in [5.74, 6) is 1.27. The van der Waals surface area contributed by atoms with E-state index < -0.39 is 6.04 Å². The number of hydrogen-bond acceptors (Lipinski definition) is 3. The van der Waals surface area contributed by atoms with Crippen LogP contribution in [0.15, 0.2) is 12.0 Å². The topological polar surface area (TPSA) is 52.7 Å². The van der Waals surface area contributed by atoms with Gasteiger partial charge in [0, 0.05) is 25.7 Å². The van der Waals surface area contributed by atoms with Crippen LogP contribution in [-0.2, 0) is 9.59 Å². The van der Waals surface area contributed by atoms with Gasteiger partial charge in [0.25, 0.3) is 0 Å². The van der Waals surface area contributed by atoms with Crippen LogP contribution >= 0.6 is 0 Å². The van der Waals surface area contributed by atoms with E-state index in [-0.39, 0.29) is 11.8 Å². The molecule has 5 nitrogen and oxygen atoms in total. The lowest BCUT2D eigenvalue weighted by Crippen LogP contribution is -2.57. The molecule has 1 unspecified atom stereocenters. The molecule has 18 heavy (non-hydrogen) atoms. The fourth-order valence-corrected chi connectivity index (χ4v) is 2.34. The van der Waals surface area contributed by atoms with Crippen LogP contribution in [0.1, 0.15) is 33.6 Å². The van der Waals surface area contributed by atoms with E-state index in [0.717, 1.165) is 12.2 Å². The van der Waals surface area contributed by atoms with Crippen molar-refractivity contribution in [1.29, 1.82) is 0 Å². The Kier molecular flexibility index (Phi) is 3.59. The van der Waals surface area contributed by atoms with E-state index >= 15 is 0 Å². The van der Waals surface area contributed by atoms with Crippen molar-refractivity contribution in [3.05, 3.63) is 12.0 Å². The second-order valence-corrected chi connectivity index (χ2v) is 5.13. The molecule has 1 N–H and O–H groups in total. The Morgan fingerprint density at radius 3 is 2.89 bits per heavy atom. The second-order valence-electron chi connectivity index (χ2n) is 5.13. The van der Waals surface area contributed by atoms with Gasteiger partial charge in [-0.05, 0) is 12.8 Å². The molecular weight excluding hydrogens is 230 g/mol. The van der Waals surface area contributed by atoms with Gasteiger partial charge in [0.1, 0.15) is 11.9 Å². The average Bonchev–Trinajstić information content (AvgIpc) is 2.35. The van der Waals surface area contributed by atoms with E-state index in [0.29, 0.717) is 25.4 Å². The minimum absolute atomic E-state index is 0.0103. The Labute approximate surface area is 108 Å². The largest absolute Gasteiger partial charge is 0.370 e. The summed E-state index contributed by atoms with van der Waals surface area (Å²) in [7, 11) is 0. The lowest BCUT2D eigenvalue weighted by molar-refractivity contribution is -0.145. The zero-order valence-electron chi connectivity index (χ0n) is 11.3. The number of nitrogens with one attached hydrogen (secondary N) is 1. The Balaban J connectivity index is 2.22. The molecule has 0 aromatic rings. The van der Waals surface area contributed by atoms with Gasteiger partial charge in [0.2, 0.25) is 11.8 Å². The van der Waals surface area contributed by atoms with Gasteiger partial charge < -0.3 is 10.2 Å². The molecule has 2 atom stereocenters. The highest BCUT2D eigenvalue weighted by Gasteiger charge is 2.37. The maximum atomic E-state index is 12.2. The molecule has 2 aliphatic heterocycles. The molecule has 2 rings (SSSR count). The zero-order chi connectivity index (χ0) is 13.3. The lowest BCUT2D eigenvalue weighted by atomic mass is 10.1. The predicted octanol–water partition coefficient (Wildman–Crippen LogP) is 0.884. The Bertz CT molecular complexity index is 392. The minimum Gasteiger partial charge on any atom is -0.370 e. The van der Waals surface area contributed by atoms with Crippen LogP contribution in [0.2, 0.25) is 0 Å². The molecule has 5 heteroatoms. The van der Waals surface area contributed by atoms with Crippen molar-refractivity contribution in [1.82, 2.24) is 15.1 Å². The molecule has 1 saturated heterocycles. The van der Waals surface area contributed by atoms with Crippen molar-refractivity contribution < 1.29 is 9.59 Å². The molecule has 2 heterocycles. The average molecular weight is 251 g/mol. The van der Waals surface area contributed by atoms with Crippen LogP contribution in [-0.4, -0.2) is 40.7 Å². The van der Waals surface area contributed by atoms with Crippen molar-refractivity contribution in [3.8, 4) is 0 Å². The highest BCUT2D eigenvalue weighted by molar-refractivity contribution is 5.91. The third-order valence-electron chi connectivity index (χ3n) is 3.68. The summed E-state index contributed by atoms with van der Waals surface area (Å²) >= 11 is 0. The fraction of sp³-hybridized carbons (Fsp3) is 0.692. The first-order valence-electron chi connectivity index (χ1n) is 6.62. The number of carbonyl (C=O) groups is 2. The normalized spacial score (nSPS) is 25.5. The Morgan fingerprint density at radius 2 is 2.22 bits per heavy atom. The van der Waals surface area contributed by atoms with Gasteiger partial charge in [-0.15, -0.1) is 0 Å². The highest BCUT2D eigenvalue weighted by atomic mass is 16.2. The van der Waals surface area contributed by atoms with E-state index in [2.05, 4.69) is 19.2 Å². The van der Waals surface area contributed by atoms with Crippen LogP contribution in [0.5, 0.6) is 0 Å². The summed E-state index contributed by atoms with van der Waals surface area (Å²) in [6.45, 7) is 7.41. The summed E-state index contributed by atoms with van der Waals surface area (Å²) in [6.07, 6.45) is 3.28. The highest BCUT2D eigenvalue weighted by Crippen LogP contribution is 2.22. The van der Waals surface area contributed by atoms with Crippen molar-refractivity contribution in [3.63, 3.8) is 0 Å². The standard InChI is InChI=1S/C13H21N3O2/c1-4-9(2)7-15-8-11-14-6-5-12(17)16(11)10(3)13(15)18/h8-10,14H,4-7H2,1-3H3/t9?,10-/m0/s1. The van der Waals surface area contributed by atoms with Gasteiger partial charge >= 0.3 is 0 Å². The summed E-state index contributed by atoms with van der Waals surface area (Å²) < 4.78 is 0. The second kappa shape index (κ2) is 5.00. The Morgan fingerprint density at radius 1 is 1.50 bits per heavy atom. The van der Waals surface area contributed by atoms with E-state index in [9.17, 15) is 9.59 Å². The molecule has 0 spiro atoms. The molecule has 2 aliphatic rings. The summed E-state index contributed by atoms with van der Waals surface area (Å²) in [5, 5.41) is 3.20. The van der Waals surface area contributed by atoms with E-state index in [4.69, 9.17) is 0 Å². The summed E-state index contributed by atoms with van der Waals surface area (Å²) in [5.41, 5.74) is 0. The monoisotopic (exact) mass is 251 g/mol. The van der Waals surface area contributed by atoms with Gasteiger partial charge in [-0.2, -0.15) is 0 Å². The van der Waals surface area contributed by atoms with Gasteiger partial charge in [-0.25, -0.2) is 0 Å². The molecule has 0 aliphatic carbocycles. The minimum atomic E-state index is -0.394. The van der Waals surface area contributed by atoms with Gasteiger partial charge in [-0.1, -0.05) is 20.3 Å². The van der Waals surface area contributed by atoms with E-state index in [1.807, 2.05) is 0 Å². The number of fused-ring (bicyclic) bond motifs is 1. The smallest absolute Gasteiger partial charge is 0.249 e. The number of hydrogen-bond donors (Lipinski definition) is 1. The van der Waals surface area contributed by atoms with Crippen molar-refractivity contribution in [2.75, 3.05) is 13.1 Å². The SMILES string of the molecule is CCC(C)CN1C=C2NCCC(=O)N2[C@@H](C)C1=O. The van der Waals surface area contributed by atoms with Gasteiger partial charge in [0.15, 0.2) is 0 Å². The zero-order valence-corrected chi connectivity index (χ0v) is 11.3. The van der Waals surface area contributed by atoms with E-state index in [1.165, 1.54) is 0 Å². The first-order valence-corrected chi connectivity index (χ1v) is 6.62. The van der Waals surface area contributed by atoms with Crippen LogP contribution in [0.3, 0.4) is 0 Å². The molecular formula is C13H21N3O2.